The van der Waals surface area contributed by atoms with Crippen molar-refractivity contribution in [3.63, 3.8) is 0 Å². The number of rotatable bonds is 9. The number of carbonyl (C=O) groups excluding carboxylic acids is 1. The fourth-order valence-corrected chi connectivity index (χ4v) is 3.82. The molecule has 0 fully saturated rings. The molecule has 0 saturated carbocycles. The van der Waals surface area contributed by atoms with Crippen molar-refractivity contribution >= 4 is 34.5 Å². The summed E-state index contributed by atoms with van der Waals surface area (Å²) in [6.07, 6.45) is 1.14. The molecule has 6 heteroatoms. The Kier molecular flexibility index (Phi) is 7.82. The Hall–Kier alpha value is -1.93. The van der Waals surface area contributed by atoms with Gasteiger partial charge in [0, 0.05) is 17.2 Å². The quantitative estimate of drug-likeness (QED) is 0.375. The number of carboxylic acids is 1. The molecule has 156 valence electrons. The van der Waals surface area contributed by atoms with E-state index in [1.807, 2.05) is 30.3 Å². The van der Waals surface area contributed by atoms with Crippen LogP contribution < -0.4 is 0 Å². The lowest BCUT2D eigenvalue weighted by Gasteiger charge is -2.33. The lowest BCUT2D eigenvalue weighted by molar-refractivity contribution is -0.144. The van der Waals surface area contributed by atoms with Crippen LogP contribution >= 0.6 is 22.6 Å². The minimum Gasteiger partial charge on any atom is -0.481 e. The van der Waals surface area contributed by atoms with E-state index < -0.39 is 17.4 Å². The minimum atomic E-state index is -0.974. The van der Waals surface area contributed by atoms with E-state index in [-0.39, 0.29) is 5.41 Å². The van der Waals surface area contributed by atoms with Crippen LogP contribution in [-0.2, 0) is 15.0 Å². The SMILES string of the molecule is CN(CC(C)(C)CCC(C)(C(=O)O)c1cccc(I)c1)OC(=O)c1ccccc1. The zero-order chi connectivity index (χ0) is 21.7. The molecule has 0 bridgehead atoms. The lowest BCUT2D eigenvalue weighted by atomic mass is 9.74. The molecule has 5 nitrogen and oxygen atoms in total. The van der Waals surface area contributed by atoms with E-state index >= 15 is 0 Å². The topological polar surface area (TPSA) is 66.8 Å². The van der Waals surface area contributed by atoms with Crippen LogP contribution in [0.15, 0.2) is 54.6 Å². The Bertz CT molecular complexity index is 853. The van der Waals surface area contributed by atoms with Gasteiger partial charge in [-0.05, 0) is 77.6 Å². The van der Waals surface area contributed by atoms with Crippen molar-refractivity contribution < 1.29 is 19.5 Å². The summed E-state index contributed by atoms with van der Waals surface area (Å²) < 4.78 is 1.01. The summed E-state index contributed by atoms with van der Waals surface area (Å²) in [5.74, 6) is -1.24. The average molecular weight is 509 g/mol. The second kappa shape index (κ2) is 9.71. The highest BCUT2D eigenvalue weighted by Crippen LogP contribution is 2.35. The summed E-state index contributed by atoms with van der Waals surface area (Å²) >= 11 is 2.20. The van der Waals surface area contributed by atoms with Crippen molar-refractivity contribution in [2.75, 3.05) is 13.6 Å². The van der Waals surface area contributed by atoms with Gasteiger partial charge in [0.25, 0.3) is 0 Å². The van der Waals surface area contributed by atoms with Crippen LogP contribution in [0.2, 0.25) is 0 Å². The van der Waals surface area contributed by atoms with E-state index in [0.717, 1.165) is 9.13 Å². The zero-order valence-electron chi connectivity index (χ0n) is 17.3. The number of nitrogens with zero attached hydrogens (tertiary/aromatic N) is 1. The lowest BCUT2D eigenvalue weighted by Crippen LogP contribution is -2.37. The fourth-order valence-electron chi connectivity index (χ4n) is 3.28. The molecule has 1 unspecified atom stereocenters. The number of hydrogen-bond donors (Lipinski definition) is 1. The van der Waals surface area contributed by atoms with E-state index in [2.05, 4.69) is 36.4 Å². The standard InChI is InChI=1S/C23H28INO4/c1-22(2,16-25(4)29-20(26)17-9-6-5-7-10-17)13-14-23(3,21(27)28)18-11-8-12-19(24)15-18/h5-12,15H,13-14,16H2,1-4H3,(H,27,28). The number of hydrogen-bond acceptors (Lipinski definition) is 4. The minimum absolute atomic E-state index is 0.246. The van der Waals surface area contributed by atoms with Crippen molar-refractivity contribution in [1.29, 1.82) is 0 Å². The summed E-state index contributed by atoms with van der Waals surface area (Å²) in [5, 5.41) is 11.4. The van der Waals surface area contributed by atoms with Gasteiger partial charge < -0.3 is 9.94 Å². The van der Waals surface area contributed by atoms with Gasteiger partial charge >= 0.3 is 11.9 Å². The van der Waals surface area contributed by atoms with E-state index in [4.69, 9.17) is 4.84 Å². The first-order valence-electron chi connectivity index (χ1n) is 9.51. The molecule has 0 radical (unpaired) electrons. The largest absolute Gasteiger partial charge is 0.481 e. The van der Waals surface area contributed by atoms with Crippen molar-refractivity contribution in [3.8, 4) is 0 Å². The molecule has 2 rings (SSSR count). The maximum atomic E-state index is 12.2. The van der Waals surface area contributed by atoms with Gasteiger partial charge in [0.05, 0.1) is 11.0 Å². The normalized spacial score (nSPS) is 13.7. The molecule has 1 atom stereocenters. The van der Waals surface area contributed by atoms with Crippen LogP contribution in [0.3, 0.4) is 0 Å². The van der Waals surface area contributed by atoms with Crippen LogP contribution in [0.25, 0.3) is 0 Å². The van der Waals surface area contributed by atoms with Crippen LogP contribution in [0.5, 0.6) is 0 Å². The van der Waals surface area contributed by atoms with Crippen LogP contribution in [0.1, 0.15) is 49.5 Å². The van der Waals surface area contributed by atoms with E-state index in [0.29, 0.717) is 24.9 Å². The molecule has 2 aromatic rings. The monoisotopic (exact) mass is 509 g/mol. The molecule has 0 amide bonds. The molecular formula is C23H28INO4. The zero-order valence-corrected chi connectivity index (χ0v) is 19.5. The smallest absolute Gasteiger partial charge is 0.357 e. The number of aliphatic carboxylic acids is 1. The maximum absolute atomic E-state index is 12.2. The van der Waals surface area contributed by atoms with Crippen LogP contribution in [0.4, 0.5) is 0 Å². The predicted octanol–water partition coefficient (Wildman–Crippen LogP) is 5.14. The Morgan fingerprint density at radius 1 is 1.03 bits per heavy atom. The molecule has 0 aliphatic carbocycles. The molecule has 0 aliphatic rings. The molecule has 2 aromatic carbocycles. The van der Waals surface area contributed by atoms with Gasteiger partial charge in [0.2, 0.25) is 0 Å². The summed E-state index contributed by atoms with van der Waals surface area (Å²) in [6.45, 7) is 6.37. The fraction of sp³-hybridized carbons (Fsp3) is 0.391. The molecule has 0 aliphatic heterocycles. The van der Waals surface area contributed by atoms with Gasteiger partial charge in [-0.3, -0.25) is 4.79 Å². The Morgan fingerprint density at radius 2 is 1.69 bits per heavy atom. The highest BCUT2D eigenvalue weighted by molar-refractivity contribution is 14.1. The third kappa shape index (κ3) is 6.54. The van der Waals surface area contributed by atoms with Gasteiger partial charge in [-0.15, -0.1) is 5.06 Å². The van der Waals surface area contributed by atoms with Crippen molar-refractivity contribution in [3.05, 3.63) is 69.3 Å². The summed E-state index contributed by atoms with van der Waals surface area (Å²) in [4.78, 5) is 29.7. The number of halogens is 1. The number of carbonyl (C=O) groups is 2. The highest BCUT2D eigenvalue weighted by Gasteiger charge is 2.37. The first-order chi connectivity index (χ1) is 13.5. The Balaban J connectivity index is 2.01. The molecule has 0 saturated heterocycles. The molecule has 1 N–H and O–H groups in total. The number of carboxylic acid groups (broad SMARTS) is 1. The molecule has 0 heterocycles. The second-order valence-electron chi connectivity index (χ2n) is 8.34. The first kappa shape index (κ1) is 23.3. The summed E-state index contributed by atoms with van der Waals surface area (Å²) in [7, 11) is 1.72. The number of hydroxylamine groups is 2. The summed E-state index contributed by atoms with van der Waals surface area (Å²) in [5.41, 5.74) is 0.0769. The first-order valence-corrected chi connectivity index (χ1v) is 10.6. The van der Waals surface area contributed by atoms with E-state index in [1.54, 1.807) is 38.2 Å². The van der Waals surface area contributed by atoms with Gasteiger partial charge in [-0.1, -0.05) is 44.2 Å². The van der Waals surface area contributed by atoms with Gasteiger partial charge in [-0.25, -0.2) is 4.79 Å². The van der Waals surface area contributed by atoms with E-state index in [9.17, 15) is 14.7 Å². The molecule has 29 heavy (non-hydrogen) atoms. The van der Waals surface area contributed by atoms with Crippen molar-refractivity contribution in [2.24, 2.45) is 5.41 Å². The van der Waals surface area contributed by atoms with Crippen molar-refractivity contribution in [1.82, 2.24) is 5.06 Å². The summed E-state index contributed by atoms with van der Waals surface area (Å²) in [6, 6.07) is 16.5. The Labute approximate surface area is 186 Å². The second-order valence-corrected chi connectivity index (χ2v) is 9.59. The van der Waals surface area contributed by atoms with E-state index in [1.165, 1.54) is 5.06 Å². The van der Waals surface area contributed by atoms with Crippen LogP contribution in [-0.4, -0.2) is 35.7 Å². The highest BCUT2D eigenvalue weighted by atomic mass is 127. The van der Waals surface area contributed by atoms with Crippen molar-refractivity contribution in [2.45, 2.75) is 39.0 Å². The van der Waals surface area contributed by atoms with Gasteiger partial charge in [0.1, 0.15) is 0 Å². The molecule has 0 aromatic heterocycles. The third-order valence-electron chi connectivity index (χ3n) is 5.13. The van der Waals surface area contributed by atoms with Crippen LogP contribution in [0, 0.1) is 8.99 Å². The maximum Gasteiger partial charge on any atom is 0.357 e. The Morgan fingerprint density at radius 3 is 2.28 bits per heavy atom. The van der Waals surface area contributed by atoms with Gasteiger partial charge in [-0.2, -0.15) is 0 Å². The third-order valence-corrected chi connectivity index (χ3v) is 5.81. The number of benzene rings is 2. The predicted molar refractivity (Wildman–Crippen MR) is 122 cm³/mol. The molecular weight excluding hydrogens is 481 g/mol. The van der Waals surface area contributed by atoms with Gasteiger partial charge in [0.15, 0.2) is 0 Å². The molecule has 0 spiro atoms. The average Bonchev–Trinajstić information content (AvgIpc) is 2.66.